The van der Waals surface area contributed by atoms with Gasteiger partial charge in [0.2, 0.25) is 5.91 Å². The molecule has 0 N–H and O–H groups in total. The average Bonchev–Trinajstić information content (AvgIpc) is 3.31. The molecule has 1 saturated heterocycles. The van der Waals surface area contributed by atoms with E-state index in [1.807, 2.05) is 29.2 Å². The highest BCUT2D eigenvalue weighted by molar-refractivity contribution is 6.32. The Morgan fingerprint density at radius 3 is 2.45 bits per heavy atom. The Morgan fingerprint density at radius 2 is 1.74 bits per heavy atom. The van der Waals surface area contributed by atoms with Gasteiger partial charge in [-0.15, -0.1) is 0 Å². The minimum atomic E-state index is -0.327. The Bertz CT molecular complexity index is 1480. The minimum absolute atomic E-state index is 0.0829. The van der Waals surface area contributed by atoms with E-state index in [1.54, 1.807) is 18.2 Å². The first kappa shape index (κ1) is 26.0. The maximum Gasteiger partial charge on any atom is 0.223 e. The summed E-state index contributed by atoms with van der Waals surface area (Å²) < 4.78 is 15.6. The molecular formula is C31H30ClFN4O. The van der Waals surface area contributed by atoms with Crippen LogP contribution >= 0.6 is 11.6 Å². The van der Waals surface area contributed by atoms with Crippen LogP contribution in [0.5, 0.6) is 0 Å². The number of para-hydroxylation sites is 1. The Kier molecular flexibility index (Phi) is 7.78. The number of hydrogen-bond donors (Lipinski definition) is 0. The second-order valence-corrected chi connectivity index (χ2v) is 10.1. The number of halogens is 2. The fourth-order valence-corrected chi connectivity index (χ4v) is 5.68. The van der Waals surface area contributed by atoms with Crippen LogP contribution in [0.3, 0.4) is 0 Å². The van der Waals surface area contributed by atoms with Gasteiger partial charge >= 0.3 is 0 Å². The maximum atomic E-state index is 13.6. The number of rotatable bonds is 7. The van der Waals surface area contributed by atoms with Crippen LogP contribution in [-0.2, 0) is 11.3 Å². The summed E-state index contributed by atoms with van der Waals surface area (Å²) in [6.07, 6.45) is 2.33. The van der Waals surface area contributed by atoms with Gasteiger partial charge in [0, 0.05) is 62.2 Å². The van der Waals surface area contributed by atoms with Gasteiger partial charge in [-0.3, -0.25) is 4.79 Å². The van der Waals surface area contributed by atoms with Gasteiger partial charge in [0.1, 0.15) is 11.9 Å². The van der Waals surface area contributed by atoms with E-state index in [4.69, 9.17) is 11.6 Å². The molecule has 38 heavy (non-hydrogen) atoms. The average molecular weight is 529 g/mol. The van der Waals surface area contributed by atoms with Crippen molar-refractivity contribution in [3.8, 4) is 6.07 Å². The Morgan fingerprint density at radius 1 is 1.00 bits per heavy atom. The minimum Gasteiger partial charge on any atom is -0.343 e. The van der Waals surface area contributed by atoms with Gasteiger partial charge in [-0.25, -0.2) is 4.39 Å². The van der Waals surface area contributed by atoms with Crippen molar-refractivity contribution in [3.63, 3.8) is 0 Å². The molecule has 3 aromatic carbocycles. The second kappa shape index (κ2) is 11.4. The Balaban J connectivity index is 1.56. The first-order chi connectivity index (χ1) is 18.5. The van der Waals surface area contributed by atoms with Gasteiger partial charge in [0.05, 0.1) is 10.6 Å². The Hall–Kier alpha value is -3.66. The number of likely N-dealkylation sites (N-methyl/N-ethyl adjacent to an activating group) is 1. The first-order valence-corrected chi connectivity index (χ1v) is 13.4. The van der Waals surface area contributed by atoms with Crippen molar-refractivity contribution in [2.24, 2.45) is 0 Å². The molecule has 1 aliphatic heterocycles. The number of carbonyl (C=O) groups excluding carboxylic acids is 1. The number of nitriles is 1. The fraction of sp³-hybridized carbons (Fsp3) is 0.290. The number of fused-ring (bicyclic) bond motifs is 1. The number of aromatic nitrogens is 1. The van der Waals surface area contributed by atoms with E-state index in [9.17, 15) is 14.4 Å². The lowest BCUT2D eigenvalue weighted by molar-refractivity contribution is -0.133. The van der Waals surface area contributed by atoms with E-state index < -0.39 is 0 Å². The predicted octanol–water partition coefficient (Wildman–Crippen LogP) is 6.04. The molecule has 0 bridgehead atoms. The third-order valence-corrected chi connectivity index (χ3v) is 7.96. The smallest absolute Gasteiger partial charge is 0.223 e. The summed E-state index contributed by atoms with van der Waals surface area (Å²) in [6.45, 7) is 6.83. The molecule has 1 aliphatic rings. The predicted molar refractivity (Wildman–Crippen MR) is 149 cm³/mol. The van der Waals surface area contributed by atoms with Gasteiger partial charge < -0.3 is 14.4 Å². The molecule has 1 atom stereocenters. The molecule has 7 heteroatoms. The van der Waals surface area contributed by atoms with Gasteiger partial charge in [-0.05, 0) is 47.5 Å². The van der Waals surface area contributed by atoms with Gasteiger partial charge in [0.25, 0.3) is 0 Å². The standard InChI is InChI=1S/C31H30ClFN4O/c1-2-35-14-16-36(17-15-35)30(38)18-27(26-8-5-6-23(19-34)31(26)32)28-21-37(29-9-4-3-7-25(28)29)20-22-10-12-24(33)13-11-22/h3-13,21,27H,2,14-18,20H2,1H3/t27-/m0/s1. The van der Waals surface area contributed by atoms with Crippen LogP contribution in [0.4, 0.5) is 4.39 Å². The van der Waals surface area contributed by atoms with Gasteiger partial charge in [-0.1, -0.05) is 61.0 Å². The molecule has 5 rings (SSSR count). The third-order valence-electron chi connectivity index (χ3n) is 7.54. The van der Waals surface area contributed by atoms with Crippen molar-refractivity contribution in [2.75, 3.05) is 32.7 Å². The molecule has 1 amide bonds. The molecule has 4 aromatic rings. The van der Waals surface area contributed by atoms with Crippen molar-refractivity contribution in [2.45, 2.75) is 25.8 Å². The number of carbonyl (C=O) groups is 1. The zero-order chi connectivity index (χ0) is 26.6. The van der Waals surface area contributed by atoms with Crippen molar-refractivity contribution in [3.05, 3.63) is 106 Å². The van der Waals surface area contributed by atoms with Crippen LogP contribution < -0.4 is 0 Å². The lowest BCUT2D eigenvalue weighted by Gasteiger charge is -2.35. The number of piperazine rings is 1. The highest BCUT2D eigenvalue weighted by Gasteiger charge is 2.29. The van der Waals surface area contributed by atoms with Crippen LogP contribution in [0.25, 0.3) is 10.9 Å². The zero-order valence-electron chi connectivity index (χ0n) is 21.4. The fourth-order valence-electron chi connectivity index (χ4n) is 5.38. The lowest BCUT2D eigenvalue weighted by atomic mass is 9.87. The van der Waals surface area contributed by atoms with Crippen molar-refractivity contribution < 1.29 is 9.18 Å². The molecule has 5 nitrogen and oxygen atoms in total. The van der Waals surface area contributed by atoms with Gasteiger partial charge in [-0.2, -0.15) is 5.26 Å². The summed E-state index contributed by atoms with van der Waals surface area (Å²) in [7, 11) is 0. The number of hydrogen-bond acceptors (Lipinski definition) is 3. The van der Waals surface area contributed by atoms with Crippen LogP contribution in [-0.4, -0.2) is 53.0 Å². The topological polar surface area (TPSA) is 52.3 Å². The second-order valence-electron chi connectivity index (χ2n) is 9.75. The van der Waals surface area contributed by atoms with Crippen LogP contribution in [0, 0.1) is 17.1 Å². The molecule has 0 aliphatic carbocycles. The third kappa shape index (κ3) is 5.31. The van der Waals surface area contributed by atoms with Crippen molar-refractivity contribution in [1.29, 1.82) is 5.26 Å². The summed E-state index contributed by atoms with van der Waals surface area (Å²) in [6, 6.07) is 22.2. The van der Waals surface area contributed by atoms with E-state index in [-0.39, 0.29) is 24.1 Å². The molecule has 1 fully saturated rings. The van der Waals surface area contributed by atoms with Crippen LogP contribution in [0.15, 0.2) is 72.9 Å². The highest BCUT2D eigenvalue weighted by atomic mass is 35.5. The number of amides is 1. The van der Waals surface area contributed by atoms with Crippen LogP contribution in [0.2, 0.25) is 5.02 Å². The molecule has 0 unspecified atom stereocenters. The summed E-state index contributed by atoms with van der Waals surface area (Å²) in [5.74, 6) is -0.511. The summed E-state index contributed by atoms with van der Waals surface area (Å²) >= 11 is 6.77. The SMILES string of the molecule is CCN1CCN(C(=O)C[C@@H](c2cccc(C#N)c2Cl)c2cn(Cc3ccc(F)cc3)c3ccccc23)CC1. The normalized spacial score (nSPS) is 14.9. The number of nitrogens with zero attached hydrogens (tertiary/aromatic N) is 4. The number of benzene rings is 3. The van der Waals surface area contributed by atoms with E-state index in [0.29, 0.717) is 30.2 Å². The maximum absolute atomic E-state index is 13.6. The molecule has 0 spiro atoms. The largest absolute Gasteiger partial charge is 0.343 e. The highest BCUT2D eigenvalue weighted by Crippen LogP contribution is 2.39. The monoisotopic (exact) mass is 528 g/mol. The molecule has 1 aromatic heterocycles. The van der Waals surface area contributed by atoms with Crippen LogP contribution in [0.1, 0.15) is 41.5 Å². The van der Waals surface area contributed by atoms with Gasteiger partial charge in [0.15, 0.2) is 0 Å². The van der Waals surface area contributed by atoms with E-state index in [2.05, 4.69) is 40.8 Å². The molecule has 0 radical (unpaired) electrons. The van der Waals surface area contributed by atoms with Crippen molar-refractivity contribution >= 4 is 28.4 Å². The van der Waals surface area contributed by atoms with E-state index >= 15 is 0 Å². The van der Waals surface area contributed by atoms with E-state index in [0.717, 1.165) is 47.2 Å². The molecule has 2 heterocycles. The summed E-state index contributed by atoms with van der Waals surface area (Å²) in [5.41, 5.74) is 4.16. The Labute approximate surface area is 227 Å². The summed E-state index contributed by atoms with van der Waals surface area (Å²) in [4.78, 5) is 17.9. The lowest BCUT2D eigenvalue weighted by Crippen LogP contribution is -2.48. The summed E-state index contributed by atoms with van der Waals surface area (Å²) in [5, 5.41) is 11.1. The first-order valence-electron chi connectivity index (χ1n) is 13.0. The van der Waals surface area contributed by atoms with E-state index in [1.165, 1.54) is 12.1 Å². The molecular weight excluding hydrogens is 499 g/mol. The zero-order valence-corrected chi connectivity index (χ0v) is 22.2. The molecule has 194 valence electrons. The quantitative estimate of drug-likeness (QED) is 0.294. The molecule has 0 saturated carbocycles. The van der Waals surface area contributed by atoms with Crippen molar-refractivity contribution in [1.82, 2.24) is 14.4 Å².